The van der Waals surface area contributed by atoms with Gasteiger partial charge in [-0.1, -0.05) is 0 Å². The van der Waals surface area contributed by atoms with Crippen LogP contribution in [-0.4, -0.2) is 40.6 Å². The van der Waals surface area contributed by atoms with Crippen molar-refractivity contribution in [1.29, 1.82) is 0 Å². The second-order valence-electron chi connectivity index (χ2n) is 4.70. The average Bonchev–Trinajstić information content (AvgIpc) is 2.24. The van der Waals surface area contributed by atoms with Crippen LogP contribution >= 0.6 is 0 Å². The van der Waals surface area contributed by atoms with Gasteiger partial charge in [-0.15, -0.1) is 0 Å². The lowest BCUT2D eigenvalue weighted by Crippen LogP contribution is -2.34. The van der Waals surface area contributed by atoms with Gasteiger partial charge >= 0.3 is 0 Å². The minimum Gasteiger partial charge on any atom is -0.393 e. The first-order chi connectivity index (χ1) is 8.32. The molecule has 1 aromatic rings. The lowest BCUT2D eigenvalue weighted by Gasteiger charge is -2.18. The fourth-order valence-electron chi connectivity index (χ4n) is 1.79. The highest BCUT2D eigenvalue weighted by atomic mass is 16.3. The summed E-state index contributed by atoms with van der Waals surface area (Å²) in [5.74, 6) is -0.311. The largest absolute Gasteiger partial charge is 0.393 e. The second-order valence-corrected chi connectivity index (χ2v) is 4.70. The molecule has 0 saturated heterocycles. The predicted molar refractivity (Wildman–Crippen MR) is 69.8 cm³/mol. The fraction of sp³-hybridized carbons (Fsp3) is 0.538. The molecule has 0 fully saturated rings. The van der Waals surface area contributed by atoms with Gasteiger partial charge in [0.2, 0.25) is 0 Å². The van der Waals surface area contributed by atoms with E-state index in [9.17, 15) is 14.7 Å². The number of aromatic nitrogens is 1. The van der Waals surface area contributed by atoms with E-state index in [0.717, 1.165) is 5.69 Å². The molecule has 0 bridgehead atoms. The Bertz CT molecular complexity index is 491. The van der Waals surface area contributed by atoms with Crippen molar-refractivity contribution in [3.8, 4) is 0 Å². The molecule has 5 nitrogen and oxygen atoms in total. The lowest BCUT2D eigenvalue weighted by molar-refractivity contribution is 0.0766. The van der Waals surface area contributed by atoms with Crippen LogP contribution < -0.4 is 5.56 Å². The molecule has 0 aliphatic heterocycles. The molecule has 0 radical (unpaired) electrons. The highest BCUT2D eigenvalue weighted by Gasteiger charge is 2.18. The van der Waals surface area contributed by atoms with Gasteiger partial charge in [-0.05, 0) is 38.8 Å². The molecule has 2 N–H and O–H groups in total. The Labute approximate surface area is 106 Å². The van der Waals surface area contributed by atoms with Gasteiger partial charge in [0.25, 0.3) is 11.5 Å². The third-order valence-corrected chi connectivity index (χ3v) is 2.81. The summed E-state index contributed by atoms with van der Waals surface area (Å²) >= 11 is 0. The molecule has 1 amide bonds. The standard InChI is InChI=1S/C13H20N2O3/c1-8-7-9(2)14-12(17)11(8)13(18)15(4)6-5-10(3)16/h7,10,16H,5-6H2,1-4H3,(H,14,17). The molecule has 100 valence electrons. The van der Waals surface area contributed by atoms with E-state index in [1.54, 1.807) is 33.9 Å². The summed E-state index contributed by atoms with van der Waals surface area (Å²) in [6.07, 6.45) is 0.0306. The number of carbonyl (C=O) groups excluding carboxylic acids is 1. The lowest BCUT2D eigenvalue weighted by atomic mass is 10.1. The molecular formula is C13H20N2O3. The third kappa shape index (κ3) is 3.43. The Morgan fingerprint density at radius 2 is 2.11 bits per heavy atom. The van der Waals surface area contributed by atoms with Crippen LogP contribution in [-0.2, 0) is 0 Å². The summed E-state index contributed by atoms with van der Waals surface area (Å²) in [7, 11) is 1.63. The van der Waals surface area contributed by atoms with Crippen LogP contribution in [0.3, 0.4) is 0 Å². The van der Waals surface area contributed by atoms with Gasteiger partial charge in [0.1, 0.15) is 5.56 Å². The van der Waals surface area contributed by atoms with Crippen LogP contribution in [0.15, 0.2) is 10.9 Å². The van der Waals surface area contributed by atoms with Crippen LogP contribution in [0.5, 0.6) is 0 Å². The number of aliphatic hydroxyl groups is 1. The van der Waals surface area contributed by atoms with E-state index in [1.165, 1.54) is 4.90 Å². The Balaban J connectivity index is 2.94. The SMILES string of the molecule is Cc1cc(C)c(C(=O)N(C)CCC(C)O)c(=O)[nH]1. The van der Waals surface area contributed by atoms with Crippen molar-refractivity contribution < 1.29 is 9.90 Å². The number of pyridine rings is 1. The maximum atomic E-state index is 12.1. The summed E-state index contributed by atoms with van der Waals surface area (Å²) < 4.78 is 0. The van der Waals surface area contributed by atoms with Crippen molar-refractivity contribution in [3.63, 3.8) is 0 Å². The molecule has 18 heavy (non-hydrogen) atoms. The third-order valence-electron chi connectivity index (χ3n) is 2.81. The zero-order valence-electron chi connectivity index (χ0n) is 11.3. The number of rotatable bonds is 4. The number of carbonyl (C=O) groups is 1. The molecule has 0 aromatic carbocycles. The zero-order chi connectivity index (χ0) is 13.9. The molecule has 1 unspecified atom stereocenters. The van der Waals surface area contributed by atoms with E-state index in [-0.39, 0.29) is 17.0 Å². The van der Waals surface area contributed by atoms with Gasteiger partial charge in [-0.2, -0.15) is 0 Å². The first kappa shape index (κ1) is 14.4. The monoisotopic (exact) mass is 252 g/mol. The molecule has 1 rings (SSSR count). The quantitative estimate of drug-likeness (QED) is 0.833. The number of H-pyrrole nitrogens is 1. The molecule has 1 aromatic heterocycles. The van der Waals surface area contributed by atoms with E-state index in [2.05, 4.69) is 4.98 Å². The van der Waals surface area contributed by atoms with Crippen LogP contribution in [0.2, 0.25) is 0 Å². The topological polar surface area (TPSA) is 73.4 Å². The average molecular weight is 252 g/mol. The summed E-state index contributed by atoms with van der Waals surface area (Å²) in [6, 6.07) is 1.77. The Morgan fingerprint density at radius 3 is 2.61 bits per heavy atom. The van der Waals surface area contributed by atoms with Gasteiger partial charge in [-0.25, -0.2) is 0 Å². The number of hydrogen-bond donors (Lipinski definition) is 2. The number of nitrogens with zero attached hydrogens (tertiary/aromatic N) is 1. The van der Waals surface area contributed by atoms with Crippen LogP contribution in [0, 0.1) is 13.8 Å². The van der Waals surface area contributed by atoms with E-state index in [1.807, 2.05) is 0 Å². The van der Waals surface area contributed by atoms with Crippen molar-refractivity contribution in [2.24, 2.45) is 0 Å². The van der Waals surface area contributed by atoms with Crippen molar-refractivity contribution in [3.05, 3.63) is 33.2 Å². The smallest absolute Gasteiger partial charge is 0.261 e. The molecular weight excluding hydrogens is 232 g/mol. The number of aliphatic hydroxyl groups excluding tert-OH is 1. The van der Waals surface area contributed by atoms with E-state index in [4.69, 9.17) is 0 Å². The summed E-state index contributed by atoms with van der Waals surface area (Å²) in [6.45, 7) is 5.61. The minimum absolute atomic E-state index is 0.175. The van der Waals surface area contributed by atoms with E-state index >= 15 is 0 Å². The van der Waals surface area contributed by atoms with Gasteiger partial charge in [0.05, 0.1) is 6.10 Å². The number of amides is 1. The van der Waals surface area contributed by atoms with Gasteiger partial charge in [0, 0.05) is 19.3 Å². The van der Waals surface area contributed by atoms with Crippen molar-refractivity contribution in [2.45, 2.75) is 33.3 Å². The summed E-state index contributed by atoms with van der Waals surface area (Å²) in [5.41, 5.74) is 1.22. The predicted octanol–water partition coefficient (Wildman–Crippen LogP) is 0.835. The first-order valence-corrected chi connectivity index (χ1v) is 5.97. The van der Waals surface area contributed by atoms with E-state index < -0.39 is 6.10 Å². The van der Waals surface area contributed by atoms with Crippen molar-refractivity contribution in [1.82, 2.24) is 9.88 Å². The maximum absolute atomic E-state index is 12.1. The van der Waals surface area contributed by atoms with Crippen LogP contribution in [0.25, 0.3) is 0 Å². The van der Waals surface area contributed by atoms with Gasteiger partial charge in [0.15, 0.2) is 0 Å². The Hall–Kier alpha value is -1.62. The maximum Gasteiger partial charge on any atom is 0.261 e. The molecule has 0 saturated carbocycles. The molecule has 5 heteroatoms. The Morgan fingerprint density at radius 1 is 1.50 bits per heavy atom. The van der Waals surface area contributed by atoms with Crippen LogP contribution in [0.4, 0.5) is 0 Å². The van der Waals surface area contributed by atoms with E-state index in [0.29, 0.717) is 18.5 Å². The zero-order valence-corrected chi connectivity index (χ0v) is 11.3. The highest BCUT2D eigenvalue weighted by molar-refractivity contribution is 5.95. The summed E-state index contributed by atoms with van der Waals surface area (Å²) in [5, 5.41) is 9.19. The molecule has 0 spiro atoms. The minimum atomic E-state index is -0.461. The molecule has 0 aliphatic carbocycles. The number of hydrogen-bond acceptors (Lipinski definition) is 3. The molecule has 1 heterocycles. The number of nitrogens with one attached hydrogen (secondary N) is 1. The number of aryl methyl sites for hydroxylation is 2. The second kappa shape index (κ2) is 5.82. The van der Waals surface area contributed by atoms with Crippen molar-refractivity contribution in [2.75, 3.05) is 13.6 Å². The normalized spacial score (nSPS) is 12.3. The van der Waals surface area contributed by atoms with Crippen LogP contribution in [0.1, 0.15) is 35.0 Å². The van der Waals surface area contributed by atoms with Gasteiger partial charge in [-0.3, -0.25) is 9.59 Å². The molecule has 1 atom stereocenters. The Kier molecular flexibility index (Phi) is 4.67. The fourth-order valence-corrected chi connectivity index (χ4v) is 1.79. The highest BCUT2D eigenvalue weighted by Crippen LogP contribution is 2.07. The summed E-state index contributed by atoms with van der Waals surface area (Å²) in [4.78, 5) is 28.0. The van der Waals surface area contributed by atoms with Gasteiger partial charge < -0.3 is 15.0 Å². The van der Waals surface area contributed by atoms with Crippen molar-refractivity contribution >= 4 is 5.91 Å². The first-order valence-electron chi connectivity index (χ1n) is 5.97. The number of aromatic amines is 1. The molecule has 0 aliphatic rings.